The molecule has 4 rings (SSSR count). The fraction of sp³-hybridized carbons (Fsp3) is 0.368. The van der Waals surface area contributed by atoms with Gasteiger partial charge in [0.25, 0.3) is 0 Å². The van der Waals surface area contributed by atoms with Gasteiger partial charge in [-0.2, -0.15) is 10.2 Å². The Morgan fingerprint density at radius 3 is 2.77 bits per heavy atom. The van der Waals surface area contributed by atoms with Gasteiger partial charge in [-0.25, -0.2) is 4.68 Å². The van der Waals surface area contributed by atoms with Gasteiger partial charge in [-0.3, -0.25) is 4.68 Å². The summed E-state index contributed by atoms with van der Waals surface area (Å²) in [6.45, 7) is 4.22. The summed E-state index contributed by atoms with van der Waals surface area (Å²) in [5.74, 6) is 0.743. The average molecular weight is 372 g/mol. The van der Waals surface area contributed by atoms with Crippen LogP contribution in [0.15, 0.2) is 42.9 Å². The first kappa shape index (κ1) is 17.1. The van der Waals surface area contributed by atoms with Crippen LogP contribution in [0, 0.1) is 0 Å². The monoisotopic (exact) mass is 371 g/mol. The number of benzene rings is 1. The fourth-order valence-electron chi connectivity index (χ4n) is 3.41. The molecular formula is C19H22ClN5O. The van der Waals surface area contributed by atoms with E-state index in [-0.39, 0.29) is 0 Å². The lowest BCUT2D eigenvalue weighted by atomic mass is 10.1. The van der Waals surface area contributed by atoms with Crippen molar-refractivity contribution in [2.45, 2.75) is 19.4 Å². The van der Waals surface area contributed by atoms with Crippen molar-refractivity contribution in [1.82, 2.24) is 24.5 Å². The molecular weight excluding hydrogens is 350 g/mol. The van der Waals surface area contributed by atoms with Crippen LogP contribution in [0.25, 0.3) is 16.9 Å². The average Bonchev–Trinajstić information content (AvgIpc) is 3.40. The van der Waals surface area contributed by atoms with E-state index >= 15 is 0 Å². The van der Waals surface area contributed by atoms with Crippen LogP contribution in [0.3, 0.4) is 0 Å². The molecule has 1 aliphatic rings. The first-order chi connectivity index (χ1) is 12.7. The third-order valence-electron chi connectivity index (χ3n) is 4.75. The smallest absolute Gasteiger partial charge is 0.128 e. The third-order valence-corrected chi connectivity index (χ3v) is 4.99. The van der Waals surface area contributed by atoms with Crippen LogP contribution in [0.2, 0.25) is 5.02 Å². The van der Waals surface area contributed by atoms with Crippen molar-refractivity contribution in [3.63, 3.8) is 0 Å². The molecule has 1 aliphatic heterocycles. The fourth-order valence-corrected chi connectivity index (χ4v) is 3.58. The summed E-state index contributed by atoms with van der Waals surface area (Å²) in [6.07, 6.45) is 8.31. The van der Waals surface area contributed by atoms with Crippen LogP contribution in [0.5, 0.6) is 5.75 Å². The van der Waals surface area contributed by atoms with Crippen molar-refractivity contribution in [1.29, 1.82) is 0 Å². The molecule has 0 unspecified atom stereocenters. The molecule has 0 aliphatic carbocycles. The highest BCUT2D eigenvalue weighted by atomic mass is 35.5. The second-order valence-corrected chi connectivity index (χ2v) is 6.91. The number of methoxy groups -OCH3 is 1. The van der Waals surface area contributed by atoms with E-state index in [2.05, 4.69) is 10.00 Å². The molecule has 0 radical (unpaired) electrons. The maximum atomic E-state index is 6.24. The molecule has 0 amide bonds. The van der Waals surface area contributed by atoms with Crippen LogP contribution in [-0.4, -0.2) is 51.2 Å². The van der Waals surface area contributed by atoms with Crippen molar-refractivity contribution in [3.05, 3.63) is 47.9 Å². The number of nitrogens with zero attached hydrogens (tertiary/aromatic N) is 5. The SMILES string of the molecule is COc1ccc(Cl)cc1-c1nn(CCN2CCCC2)cc1-n1cccn1. The maximum Gasteiger partial charge on any atom is 0.128 e. The Labute approximate surface area is 157 Å². The zero-order valence-electron chi connectivity index (χ0n) is 14.8. The van der Waals surface area contributed by atoms with Gasteiger partial charge in [0, 0.05) is 29.5 Å². The van der Waals surface area contributed by atoms with E-state index in [0.717, 1.165) is 35.8 Å². The number of hydrogen-bond donors (Lipinski definition) is 0. The summed E-state index contributed by atoms with van der Waals surface area (Å²) in [4.78, 5) is 2.48. The van der Waals surface area contributed by atoms with E-state index < -0.39 is 0 Å². The highest BCUT2D eigenvalue weighted by Crippen LogP contribution is 2.34. The first-order valence-corrected chi connectivity index (χ1v) is 9.26. The zero-order chi connectivity index (χ0) is 17.9. The number of hydrogen-bond acceptors (Lipinski definition) is 4. The standard InChI is InChI=1S/C19H22ClN5O/c1-26-18-6-5-15(20)13-16(18)19-17(25-10-4-7-21-25)14-24(22-19)12-11-23-8-2-3-9-23/h4-7,10,13-14H,2-3,8-9,11-12H2,1H3. The van der Waals surface area contributed by atoms with Gasteiger partial charge < -0.3 is 9.64 Å². The lowest BCUT2D eigenvalue weighted by Gasteiger charge is -2.13. The molecule has 0 saturated carbocycles. The van der Waals surface area contributed by atoms with Gasteiger partial charge in [-0.05, 0) is 50.2 Å². The van der Waals surface area contributed by atoms with Crippen molar-refractivity contribution in [3.8, 4) is 22.7 Å². The van der Waals surface area contributed by atoms with Gasteiger partial charge in [-0.15, -0.1) is 0 Å². The quantitative estimate of drug-likeness (QED) is 0.665. The number of ether oxygens (including phenoxy) is 1. The summed E-state index contributed by atoms with van der Waals surface area (Å²) in [5, 5.41) is 9.87. The van der Waals surface area contributed by atoms with Crippen molar-refractivity contribution in [2.75, 3.05) is 26.7 Å². The van der Waals surface area contributed by atoms with Gasteiger partial charge in [0.1, 0.15) is 17.1 Å². The Kier molecular flexibility index (Phi) is 4.95. The molecule has 0 atom stereocenters. The van der Waals surface area contributed by atoms with E-state index in [4.69, 9.17) is 21.4 Å². The van der Waals surface area contributed by atoms with Crippen LogP contribution >= 0.6 is 11.6 Å². The predicted molar refractivity (Wildman–Crippen MR) is 102 cm³/mol. The Morgan fingerprint density at radius 1 is 1.19 bits per heavy atom. The summed E-state index contributed by atoms with van der Waals surface area (Å²) in [6, 6.07) is 7.48. The third kappa shape index (κ3) is 3.48. The topological polar surface area (TPSA) is 48.1 Å². The molecule has 1 aromatic carbocycles. The maximum absolute atomic E-state index is 6.24. The number of halogens is 1. The van der Waals surface area contributed by atoms with Crippen LogP contribution < -0.4 is 4.74 Å². The first-order valence-electron chi connectivity index (χ1n) is 8.88. The summed E-state index contributed by atoms with van der Waals surface area (Å²) >= 11 is 6.24. The van der Waals surface area contributed by atoms with Crippen LogP contribution in [0.1, 0.15) is 12.8 Å². The van der Waals surface area contributed by atoms with Crippen LogP contribution in [-0.2, 0) is 6.54 Å². The zero-order valence-corrected chi connectivity index (χ0v) is 15.6. The van der Waals surface area contributed by atoms with E-state index in [9.17, 15) is 0 Å². The van der Waals surface area contributed by atoms with Gasteiger partial charge in [0.05, 0.1) is 19.9 Å². The minimum atomic E-state index is 0.652. The van der Waals surface area contributed by atoms with Crippen LogP contribution in [0.4, 0.5) is 0 Å². The molecule has 0 bridgehead atoms. The number of likely N-dealkylation sites (tertiary alicyclic amines) is 1. The predicted octanol–water partition coefficient (Wildman–Crippen LogP) is 3.49. The molecule has 3 heterocycles. The molecule has 26 heavy (non-hydrogen) atoms. The number of rotatable bonds is 6. The van der Waals surface area contributed by atoms with Crippen molar-refractivity contribution >= 4 is 11.6 Å². The summed E-state index contributed by atoms with van der Waals surface area (Å²) < 4.78 is 9.35. The molecule has 6 nitrogen and oxygen atoms in total. The highest BCUT2D eigenvalue weighted by molar-refractivity contribution is 6.31. The lowest BCUT2D eigenvalue weighted by molar-refractivity contribution is 0.316. The Morgan fingerprint density at radius 2 is 2.04 bits per heavy atom. The van der Waals surface area contributed by atoms with E-state index in [1.54, 1.807) is 13.3 Å². The molecule has 2 aromatic heterocycles. The molecule has 1 saturated heterocycles. The Hall–Kier alpha value is -2.31. The second kappa shape index (κ2) is 7.51. The van der Waals surface area contributed by atoms with E-state index in [1.807, 2.05) is 46.0 Å². The second-order valence-electron chi connectivity index (χ2n) is 6.47. The van der Waals surface area contributed by atoms with Gasteiger partial charge in [0.2, 0.25) is 0 Å². The molecule has 3 aromatic rings. The normalized spacial score (nSPS) is 14.8. The number of aromatic nitrogens is 4. The molecule has 0 N–H and O–H groups in total. The van der Waals surface area contributed by atoms with E-state index in [1.165, 1.54) is 25.9 Å². The summed E-state index contributed by atoms with van der Waals surface area (Å²) in [7, 11) is 1.66. The largest absolute Gasteiger partial charge is 0.496 e. The van der Waals surface area contributed by atoms with E-state index in [0.29, 0.717) is 5.02 Å². The molecule has 0 spiro atoms. The minimum Gasteiger partial charge on any atom is -0.496 e. The minimum absolute atomic E-state index is 0.652. The highest BCUT2D eigenvalue weighted by Gasteiger charge is 2.18. The molecule has 136 valence electrons. The van der Waals surface area contributed by atoms with Crippen molar-refractivity contribution < 1.29 is 4.74 Å². The Bertz CT molecular complexity index is 868. The van der Waals surface area contributed by atoms with Gasteiger partial charge in [-0.1, -0.05) is 11.6 Å². The molecule has 7 heteroatoms. The molecule has 1 fully saturated rings. The van der Waals surface area contributed by atoms with Crippen molar-refractivity contribution in [2.24, 2.45) is 0 Å². The lowest BCUT2D eigenvalue weighted by Crippen LogP contribution is -2.24. The van der Waals surface area contributed by atoms with Gasteiger partial charge in [0.15, 0.2) is 0 Å². The summed E-state index contributed by atoms with van der Waals surface area (Å²) in [5.41, 5.74) is 2.59. The van der Waals surface area contributed by atoms with Gasteiger partial charge >= 0.3 is 0 Å². The Balaban J connectivity index is 1.71.